The topological polar surface area (TPSA) is 41.6 Å². The van der Waals surface area contributed by atoms with Gasteiger partial charge in [-0.1, -0.05) is 54.8 Å². The second-order valence-electron chi connectivity index (χ2n) is 6.60. The smallest absolute Gasteiger partial charge is 0.322 e. The van der Waals surface area contributed by atoms with Crippen LogP contribution in [-0.2, 0) is 0 Å². The molecule has 132 valence electrons. The molecule has 1 unspecified atom stereocenters. The number of hydrogen-bond acceptors (Lipinski definition) is 2. The van der Waals surface area contributed by atoms with Crippen LogP contribution in [0, 0.1) is 6.92 Å². The molecule has 2 aromatic rings. The summed E-state index contributed by atoms with van der Waals surface area (Å²) in [4.78, 5) is 15.0. The van der Waals surface area contributed by atoms with Gasteiger partial charge in [0.05, 0.1) is 18.8 Å². The molecule has 0 bridgehead atoms. The van der Waals surface area contributed by atoms with E-state index >= 15 is 0 Å². The molecule has 0 radical (unpaired) electrons. The molecule has 0 aromatic heterocycles. The fraction of sp³-hybridized carbons (Fsp3) is 0.381. The van der Waals surface area contributed by atoms with Gasteiger partial charge in [-0.2, -0.15) is 0 Å². The lowest BCUT2D eigenvalue weighted by Crippen LogP contribution is -2.38. The molecule has 2 aromatic carbocycles. The van der Waals surface area contributed by atoms with Crippen LogP contribution in [-0.4, -0.2) is 24.6 Å². The summed E-state index contributed by atoms with van der Waals surface area (Å²) in [5.74, 6) is 0.678. The average molecular weight is 338 g/mol. The van der Waals surface area contributed by atoms with Crippen LogP contribution in [0.1, 0.15) is 42.9 Å². The Hall–Kier alpha value is -2.49. The van der Waals surface area contributed by atoms with Crippen LogP contribution in [0.15, 0.2) is 48.5 Å². The minimum atomic E-state index is -0.0584. The Balaban J connectivity index is 1.83. The third kappa shape index (κ3) is 4.13. The number of rotatable bonds is 3. The molecular formula is C21H26N2O2. The number of amides is 2. The first kappa shape index (κ1) is 17.3. The number of hydrogen-bond donors (Lipinski definition) is 1. The Kier molecular flexibility index (Phi) is 5.59. The number of carbonyl (C=O) groups is 1. The summed E-state index contributed by atoms with van der Waals surface area (Å²) in [5, 5.41) is 3.03. The van der Waals surface area contributed by atoms with Crippen molar-refractivity contribution in [1.29, 1.82) is 0 Å². The van der Waals surface area contributed by atoms with E-state index in [1.165, 1.54) is 17.5 Å². The molecule has 4 heteroatoms. The van der Waals surface area contributed by atoms with E-state index in [9.17, 15) is 4.79 Å². The van der Waals surface area contributed by atoms with Crippen molar-refractivity contribution in [3.63, 3.8) is 0 Å². The molecule has 1 N–H and O–H groups in total. The van der Waals surface area contributed by atoms with Gasteiger partial charge in [-0.3, -0.25) is 0 Å². The highest BCUT2D eigenvalue weighted by molar-refractivity contribution is 5.91. The third-order valence-electron chi connectivity index (χ3n) is 4.82. The molecule has 25 heavy (non-hydrogen) atoms. The summed E-state index contributed by atoms with van der Waals surface area (Å²) >= 11 is 0. The fourth-order valence-electron chi connectivity index (χ4n) is 3.42. The Bertz CT molecular complexity index is 712. The van der Waals surface area contributed by atoms with Gasteiger partial charge in [0, 0.05) is 6.54 Å². The normalized spacial score (nSPS) is 17.7. The number of para-hydroxylation sites is 2. The molecule has 1 aliphatic rings. The summed E-state index contributed by atoms with van der Waals surface area (Å²) in [6.07, 6.45) is 4.36. The molecule has 1 aliphatic heterocycles. The van der Waals surface area contributed by atoms with Gasteiger partial charge in [0.1, 0.15) is 5.75 Å². The number of carbonyl (C=O) groups excluding carboxylic acids is 1. The first-order chi connectivity index (χ1) is 12.2. The highest BCUT2D eigenvalue weighted by Gasteiger charge is 2.27. The molecule has 0 aliphatic carbocycles. The lowest BCUT2D eigenvalue weighted by atomic mass is 10.00. The summed E-state index contributed by atoms with van der Waals surface area (Å²) in [5.41, 5.74) is 3.16. The van der Waals surface area contributed by atoms with Crippen molar-refractivity contribution in [2.45, 2.75) is 38.6 Å². The molecule has 1 atom stereocenters. The maximum Gasteiger partial charge on any atom is 0.322 e. The predicted molar refractivity (Wildman–Crippen MR) is 101 cm³/mol. The van der Waals surface area contributed by atoms with Crippen molar-refractivity contribution < 1.29 is 9.53 Å². The number of nitrogens with one attached hydrogen (secondary N) is 1. The van der Waals surface area contributed by atoms with Crippen LogP contribution in [0.2, 0.25) is 0 Å². The predicted octanol–water partition coefficient (Wildman–Crippen LogP) is 5.15. The summed E-state index contributed by atoms with van der Waals surface area (Å²) < 4.78 is 5.35. The van der Waals surface area contributed by atoms with Gasteiger partial charge in [0.25, 0.3) is 0 Å². The quantitative estimate of drug-likeness (QED) is 0.840. The Morgan fingerprint density at radius 1 is 1.08 bits per heavy atom. The van der Waals surface area contributed by atoms with Crippen LogP contribution in [0.25, 0.3) is 0 Å². The molecular weight excluding hydrogens is 312 g/mol. The maximum absolute atomic E-state index is 13.0. The molecule has 4 nitrogen and oxygen atoms in total. The molecule has 0 saturated carbocycles. The fourth-order valence-corrected chi connectivity index (χ4v) is 3.42. The highest BCUT2D eigenvalue weighted by atomic mass is 16.5. The summed E-state index contributed by atoms with van der Waals surface area (Å²) in [7, 11) is 1.62. The van der Waals surface area contributed by atoms with E-state index in [0.717, 1.165) is 25.8 Å². The monoisotopic (exact) mass is 338 g/mol. The van der Waals surface area contributed by atoms with Crippen molar-refractivity contribution >= 4 is 11.7 Å². The number of ether oxygens (including phenoxy) is 1. The number of anilines is 1. The Morgan fingerprint density at radius 3 is 2.60 bits per heavy atom. The minimum Gasteiger partial charge on any atom is -0.495 e. The van der Waals surface area contributed by atoms with Crippen molar-refractivity contribution in [3.05, 3.63) is 59.7 Å². The number of aryl methyl sites for hydroxylation is 1. The van der Waals surface area contributed by atoms with Crippen molar-refractivity contribution in [2.75, 3.05) is 19.0 Å². The van der Waals surface area contributed by atoms with E-state index in [1.807, 2.05) is 29.2 Å². The van der Waals surface area contributed by atoms with Gasteiger partial charge in [0.15, 0.2) is 0 Å². The molecule has 1 saturated heterocycles. The van der Waals surface area contributed by atoms with Gasteiger partial charge in [-0.15, -0.1) is 0 Å². The van der Waals surface area contributed by atoms with E-state index in [4.69, 9.17) is 4.74 Å². The lowest BCUT2D eigenvalue weighted by Gasteiger charge is -2.31. The molecule has 3 rings (SSSR count). The van der Waals surface area contributed by atoms with Crippen LogP contribution < -0.4 is 10.1 Å². The highest BCUT2D eigenvalue weighted by Crippen LogP contribution is 2.32. The van der Waals surface area contributed by atoms with Gasteiger partial charge >= 0.3 is 6.03 Å². The zero-order chi connectivity index (χ0) is 17.6. The van der Waals surface area contributed by atoms with E-state index in [2.05, 4.69) is 36.5 Å². The molecule has 2 amide bonds. The van der Waals surface area contributed by atoms with Crippen LogP contribution in [0.4, 0.5) is 10.5 Å². The number of benzene rings is 2. The van der Waals surface area contributed by atoms with Gasteiger partial charge in [-0.05, 0) is 37.5 Å². The minimum absolute atomic E-state index is 0.0584. The third-order valence-corrected chi connectivity index (χ3v) is 4.82. The first-order valence-electron chi connectivity index (χ1n) is 8.96. The molecule has 1 fully saturated rings. The van der Waals surface area contributed by atoms with Crippen LogP contribution in [0.5, 0.6) is 5.75 Å². The van der Waals surface area contributed by atoms with Crippen molar-refractivity contribution in [1.82, 2.24) is 4.90 Å². The number of likely N-dealkylation sites (tertiary alicyclic amines) is 1. The maximum atomic E-state index is 13.0. The van der Waals surface area contributed by atoms with Crippen molar-refractivity contribution in [2.24, 2.45) is 0 Å². The largest absolute Gasteiger partial charge is 0.495 e. The van der Waals surface area contributed by atoms with Gasteiger partial charge in [0.2, 0.25) is 0 Å². The number of urea groups is 1. The Morgan fingerprint density at radius 2 is 1.84 bits per heavy atom. The van der Waals surface area contributed by atoms with Crippen LogP contribution >= 0.6 is 0 Å². The second-order valence-corrected chi connectivity index (χ2v) is 6.60. The second kappa shape index (κ2) is 8.06. The summed E-state index contributed by atoms with van der Waals surface area (Å²) in [6, 6.07) is 16.1. The number of methoxy groups -OCH3 is 1. The standard InChI is InChI=1S/C21H26N2O2/c1-16-11-13-17(14-12-16)19-9-4-3-7-15-23(19)21(24)22-18-8-5-6-10-20(18)25-2/h5-6,8,10-14,19H,3-4,7,9,15H2,1-2H3,(H,22,24). The summed E-state index contributed by atoms with van der Waals surface area (Å²) in [6.45, 7) is 2.86. The van der Waals surface area contributed by atoms with Crippen LogP contribution in [0.3, 0.4) is 0 Å². The molecule has 1 heterocycles. The number of nitrogens with zero attached hydrogens (tertiary/aromatic N) is 1. The zero-order valence-corrected chi connectivity index (χ0v) is 15.0. The van der Waals surface area contributed by atoms with E-state index in [1.54, 1.807) is 7.11 Å². The van der Waals surface area contributed by atoms with Crippen molar-refractivity contribution in [3.8, 4) is 5.75 Å². The van der Waals surface area contributed by atoms with E-state index in [-0.39, 0.29) is 12.1 Å². The average Bonchev–Trinajstić information content (AvgIpc) is 2.89. The lowest BCUT2D eigenvalue weighted by molar-refractivity contribution is 0.189. The Labute approximate surface area is 149 Å². The van der Waals surface area contributed by atoms with Gasteiger partial charge in [-0.25, -0.2) is 4.79 Å². The zero-order valence-electron chi connectivity index (χ0n) is 15.0. The molecule has 0 spiro atoms. The van der Waals surface area contributed by atoms with E-state index < -0.39 is 0 Å². The van der Waals surface area contributed by atoms with E-state index in [0.29, 0.717) is 11.4 Å². The first-order valence-corrected chi connectivity index (χ1v) is 8.96. The van der Waals surface area contributed by atoms with Gasteiger partial charge < -0.3 is 15.0 Å². The SMILES string of the molecule is COc1ccccc1NC(=O)N1CCCCCC1c1ccc(C)cc1.